The number of para-hydroxylation sites is 1. The molecular formula is C22H22N2O3. The number of fused-ring (bicyclic) bond motifs is 1. The number of carboxylic acids is 1. The van der Waals surface area contributed by atoms with E-state index in [2.05, 4.69) is 30.1 Å². The van der Waals surface area contributed by atoms with Gasteiger partial charge in [-0.1, -0.05) is 24.3 Å². The molecule has 1 amide bonds. The molecule has 1 saturated heterocycles. The predicted octanol–water partition coefficient (Wildman–Crippen LogP) is 4.19. The van der Waals surface area contributed by atoms with Crippen molar-refractivity contribution in [3.8, 4) is 0 Å². The largest absolute Gasteiger partial charge is 0.478 e. The second kappa shape index (κ2) is 6.91. The first-order chi connectivity index (χ1) is 13.0. The lowest BCUT2D eigenvalue weighted by Gasteiger charge is -2.32. The lowest BCUT2D eigenvalue weighted by molar-refractivity contribution is 0.0697. The van der Waals surface area contributed by atoms with E-state index in [1.807, 2.05) is 11.0 Å². The smallest absolute Gasteiger partial charge is 0.335 e. The molecule has 5 heteroatoms. The van der Waals surface area contributed by atoms with E-state index in [-0.39, 0.29) is 11.5 Å². The van der Waals surface area contributed by atoms with E-state index in [0.717, 1.165) is 18.4 Å². The first-order valence-electron chi connectivity index (χ1n) is 9.24. The third-order valence-electron chi connectivity index (χ3n) is 5.49. The molecular weight excluding hydrogens is 340 g/mol. The number of H-pyrrole nitrogens is 1. The SMILES string of the molecule is Cc1[nH]c2ccccc2c1C1CCN(C(=O)c2cccc(C(=O)O)c2)CC1. The van der Waals surface area contributed by atoms with Crippen molar-refractivity contribution in [1.82, 2.24) is 9.88 Å². The highest BCUT2D eigenvalue weighted by Gasteiger charge is 2.27. The number of aryl methyl sites for hydroxylation is 1. The lowest BCUT2D eigenvalue weighted by atomic mass is 9.87. The zero-order valence-corrected chi connectivity index (χ0v) is 15.2. The number of carbonyl (C=O) groups is 2. The van der Waals surface area contributed by atoms with Gasteiger partial charge in [0.25, 0.3) is 5.91 Å². The number of benzene rings is 2. The summed E-state index contributed by atoms with van der Waals surface area (Å²) >= 11 is 0. The molecule has 0 atom stereocenters. The van der Waals surface area contributed by atoms with Crippen LogP contribution in [0.2, 0.25) is 0 Å². The average molecular weight is 362 g/mol. The van der Waals surface area contributed by atoms with Gasteiger partial charge in [0, 0.05) is 35.2 Å². The topological polar surface area (TPSA) is 73.4 Å². The van der Waals surface area contributed by atoms with Gasteiger partial charge in [0.1, 0.15) is 0 Å². The Bertz CT molecular complexity index is 1010. The van der Waals surface area contributed by atoms with Gasteiger partial charge in [-0.25, -0.2) is 4.79 Å². The number of hydrogen-bond donors (Lipinski definition) is 2. The molecule has 0 spiro atoms. The van der Waals surface area contributed by atoms with Crippen LogP contribution in [0.25, 0.3) is 10.9 Å². The van der Waals surface area contributed by atoms with E-state index in [1.54, 1.807) is 12.1 Å². The highest BCUT2D eigenvalue weighted by molar-refractivity contribution is 5.97. The summed E-state index contributed by atoms with van der Waals surface area (Å²) in [6, 6.07) is 14.6. The van der Waals surface area contributed by atoms with Gasteiger partial charge in [-0.2, -0.15) is 0 Å². The number of rotatable bonds is 3. The average Bonchev–Trinajstić information content (AvgIpc) is 3.03. The molecule has 27 heavy (non-hydrogen) atoms. The fourth-order valence-corrected chi connectivity index (χ4v) is 4.16. The van der Waals surface area contributed by atoms with Crippen molar-refractivity contribution in [3.63, 3.8) is 0 Å². The Kier molecular flexibility index (Phi) is 4.44. The maximum absolute atomic E-state index is 12.8. The number of amides is 1. The number of piperidine rings is 1. The molecule has 3 aromatic rings. The van der Waals surface area contributed by atoms with Gasteiger partial charge >= 0.3 is 5.97 Å². The number of aromatic nitrogens is 1. The third-order valence-corrected chi connectivity index (χ3v) is 5.49. The third kappa shape index (κ3) is 3.21. The van der Waals surface area contributed by atoms with Gasteiger partial charge in [0.2, 0.25) is 0 Å². The summed E-state index contributed by atoms with van der Waals surface area (Å²) in [5.74, 6) is -0.680. The quantitative estimate of drug-likeness (QED) is 0.733. The fourth-order valence-electron chi connectivity index (χ4n) is 4.16. The van der Waals surface area contributed by atoms with Crippen LogP contribution in [0, 0.1) is 6.92 Å². The van der Waals surface area contributed by atoms with Crippen LogP contribution in [0.3, 0.4) is 0 Å². The molecule has 2 heterocycles. The first-order valence-corrected chi connectivity index (χ1v) is 9.24. The van der Waals surface area contributed by atoms with Crippen LogP contribution in [-0.2, 0) is 0 Å². The van der Waals surface area contributed by atoms with Crippen LogP contribution in [0.5, 0.6) is 0 Å². The number of hydrogen-bond acceptors (Lipinski definition) is 2. The van der Waals surface area contributed by atoms with Crippen molar-refractivity contribution in [2.45, 2.75) is 25.7 Å². The molecule has 1 aliphatic heterocycles. The van der Waals surface area contributed by atoms with Crippen LogP contribution in [0.4, 0.5) is 0 Å². The van der Waals surface area contributed by atoms with Crippen molar-refractivity contribution in [1.29, 1.82) is 0 Å². The number of nitrogens with zero attached hydrogens (tertiary/aromatic N) is 1. The van der Waals surface area contributed by atoms with Crippen LogP contribution >= 0.6 is 0 Å². The van der Waals surface area contributed by atoms with E-state index in [0.29, 0.717) is 24.6 Å². The number of likely N-dealkylation sites (tertiary alicyclic amines) is 1. The van der Waals surface area contributed by atoms with E-state index in [9.17, 15) is 9.59 Å². The fraction of sp³-hybridized carbons (Fsp3) is 0.273. The summed E-state index contributed by atoms with van der Waals surface area (Å²) in [6.45, 7) is 3.48. The molecule has 1 aliphatic rings. The predicted molar refractivity (Wildman–Crippen MR) is 104 cm³/mol. The minimum Gasteiger partial charge on any atom is -0.478 e. The van der Waals surface area contributed by atoms with Crippen molar-refractivity contribution < 1.29 is 14.7 Å². The number of nitrogens with one attached hydrogen (secondary N) is 1. The van der Waals surface area contributed by atoms with Gasteiger partial charge < -0.3 is 15.0 Å². The first kappa shape index (κ1) is 17.3. The molecule has 0 aliphatic carbocycles. The van der Waals surface area contributed by atoms with E-state index < -0.39 is 5.97 Å². The second-order valence-electron chi connectivity index (χ2n) is 7.16. The minimum atomic E-state index is -1.02. The highest BCUT2D eigenvalue weighted by Crippen LogP contribution is 2.35. The number of carbonyl (C=O) groups excluding carboxylic acids is 1. The zero-order valence-electron chi connectivity index (χ0n) is 15.2. The summed E-state index contributed by atoms with van der Waals surface area (Å²) in [4.78, 5) is 29.2. The summed E-state index contributed by atoms with van der Waals surface area (Å²) in [5, 5.41) is 10.4. The summed E-state index contributed by atoms with van der Waals surface area (Å²) in [6.07, 6.45) is 1.82. The molecule has 2 N–H and O–H groups in total. The van der Waals surface area contributed by atoms with Crippen molar-refractivity contribution in [2.75, 3.05) is 13.1 Å². The maximum Gasteiger partial charge on any atom is 0.335 e. The molecule has 0 bridgehead atoms. The van der Waals surface area contributed by atoms with E-state index in [1.165, 1.54) is 28.8 Å². The van der Waals surface area contributed by atoms with Gasteiger partial charge in [-0.05, 0) is 55.5 Å². The second-order valence-corrected chi connectivity index (χ2v) is 7.16. The molecule has 5 nitrogen and oxygen atoms in total. The zero-order chi connectivity index (χ0) is 19.0. The van der Waals surface area contributed by atoms with Crippen LogP contribution < -0.4 is 0 Å². The number of aromatic amines is 1. The summed E-state index contributed by atoms with van der Waals surface area (Å²) in [5.41, 5.74) is 4.32. The van der Waals surface area contributed by atoms with E-state index >= 15 is 0 Å². The Morgan fingerprint density at radius 1 is 1.04 bits per heavy atom. The van der Waals surface area contributed by atoms with Crippen molar-refractivity contribution in [3.05, 3.63) is 70.9 Å². The maximum atomic E-state index is 12.8. The van der Waals surface area contributed by atoms with Crippen LogP contribution in [0.15, 0.2) is 48.5 Å². The molecule has 0 unspecified atom stereocenters. The van der Waals surface area contributed by atoms with Crippen molar-refractivity contribution >= 4 is 22.8 Å². The van der Waals surface area contributed by atoms with Crippen molar-refractivity contribution in [2.24, 2.45) is 0 Å². The molecule has 0 radical (unpaired) electrons. The molecule has 1 fully saturated rings. The highest BCUT2D eigenvalue weighted by atomic mass is 16.4. The molecule has 0 saturated carbocycles. The Hall–Kier alpha value is -3.08. The molecule has 4 rings (SSSR count). The summed E-state index contributed by atoms with van der Waals surface area (Å²) < 4.78 is 0. The lowest BCUT2D eigenvalue weighted by Crippen LogP contribution is -2.38. The Labute approximate surface area is 157 Å². The Balaban J connectivity index is 1.50. The summed E-state index contributed by atoms with van der Waals surface area (Å²) in [7, 11) is 0. The Morgan fingerprint density at radius 3 is 2.48 bits per heavy atom. The van der Waals surface area contributed by atoms with Crippen LogP contribution in [-0.4, -0.2) is 40.0 Å². The Morgan fingerprint density at radius 2 is 1.74 bits per heavy atom. The van der Waals surface area contributed by atoms with Gasteiger partial charge in [0.05, 0.1) is 5.56 Å². The van der Waals surface area contributed by atoms with Gasteiger partial charge in [-0.3, -0.25) is 4.79 Å². The molecule has 138 valence electrons. The normalized spacial score (nSPS) is 15.2. The monoisotopic (exact) mass is 362 g/mol. The number of carboxylic acid groups (broad SMARTS) is 1. The van der Waals surface area contributed by atoms with Crippen LogP contribution in [0.1, 0.15) is 50.7 Å². The number of aromatic carboxylic acids is 1. The standard InChI is InChI=1S/C22H22N2O3/c1-14-20(18-7-2-3-8-19(18)23-14)15-9-11-24(12-10-15)21(25)16-5-4-6-17(13-16)22(26)27/h2-8,13,15,23H,9-12H2,1H3,(H,26,27). The van der Waals surface area contributed by atoms with Gasteiger partial charge in [0.15, 0.2) is 0 Å². The molecule has 1 aromatic heterocycles. The minimum absolute atomic E-state index is 0.0906. The van der Waals surface area contributed by atoms with Gasteiger partial charge in [-0.15, -0.1) is 0 Å². The van der Waals surface area contributed by atoms with E-state index in [4.69, 9.17) is 5.11 Å². The molecule has 2 aromatic carbocycles.